The van der Waals surface area contributed by atoms with Gasteiger partial charge in [-0.3, -0.25) is 9.10 Å². The highest BCUT2D eigenvalue weighted by atomic mass is 32.2. The van der Waals surface area contributed by atoms with E-state index in [9.17, 15) is 13.2 Å². The first-order valence-electron chi connectivity index (χ1n) is 8.97. The van der Waals surface area contributed by atoms with E-state index < -0.39 is 10.0 Å². The van der Waals surface area contributed by atoms with Crippen LogP contribution < -0.4 is 14.4 Å². The summed E-state index contributed by atoms with van der Waals surface area (Å²) in [4.78, 5) is 13.4. The van der Waals surface area contributed by atoms with Crippen molar-refractivity contribution < 1.29 is 17.9 Å². The molecule has 0 radical (unpaired) electrons. The van der Waals surface area contributed by atoms with Crippen molar-refractivity contribution in [1.82, 2.24) is 5.32 Å². The molecule has 0 aliphatic heterocycles. The average molecular weight is 423 g/mol. The Morgan fingerprint density at radius 1 is 1.11 bits per heavy atom. The third kappa shape index (κ3) is 5.65. The number of hydrogen-bond acceptors (Lipinski definition) is 5. The summed E-state index contributed by atoms with van der Waals surface area (Å²) in [7, 11) is -3.91. The maximum absolute atomic E-state index is 13.3. The number of nitrogens with zero attached hydrogens (tertiary/aromatic N) is 1. The number of carbonyl (C=O) groups excluding carboxylic acids is 1. The van der Waals surface area contributed by atoms with Crippen molar-refractivity contribution in [2.75, 3.05) is 23.7 Å². The zero-order valence-electron chi connectivity index (χ0n) is 16.5. The normalized spacial score (nSPS) is 11.3. The van der Waals surface area contributed by atoms with Crippen molar-refractivity contribution in [3.05, 3.63) is 48.5 Å². The predicted octanol–water partition coefficient (Wildman–Crippen LogP) is 3.53. The van der Waals surface area contributed by atoms with Gasteiger partial charge in [-0.05, 0) is 75.6 Å². The van der Waals surface area contributed by atoms with Gasteiger partial charge in [0.05, 0.1) is 17.2 Å². The summed E-state index contributed by atoms with van der Waals surface area (Å²) in [5.74, 6) is 0.271. The number of nitrogens with one attached hydrogen (secondary N) is 1. The van der Waals surface area contributed by atoms with Crippen LogP contribution in [0.15, 0.2) is 58.3 Å². The lowest BCUT2D eigenvalue weighted by molar-refractivity contribution is -0.120. The third-order valence-corrected chi connectivity index (χ3v) is 6.35. The molecule has 1 amide bonds. The fourth-order valence-electron chi connectivity index (χ4n) is 2.56. The van der Waals surface area contributed by atoms with Gasteiger partial charge < -0.3 is 10.1 Å². The molecule has 0 saturated carbocycles. The first kappa shape index (κ1) is 22.1. The molecule has 0 aromatic heterocycles. The first-order chi connectivity index (χ1) is 13.3. The molecule has 0 unspecified atom stereocenters. The number of sulfonamides is 1. The summed E-state index contributed by atoms with van der Waals surface area (Å²) in [6.07, 6.45) is 1.92. The molecule has 2 aromatic rings. The van der Waals surface area contributed by atoms with Crippen LogP contribution in [-0.4, -0.2) is 39.8 Å². The Morgan fingerprint density at radius 2 is 1.71 bits per heavy atom. The van der Waals surface area contributed by atoms with Crippen LogP contribution in [0.3, 0.4) is 0 Å². The molecule has 0 bridgehead atoms. The summed E-state index contributed by atoms with van der Waals surface area (Å²) >= 11 is 1.53. The Bertz CT molecular complexity index is 879. The van der Waals surface area contributed by atoms with Crippen LogP contribution in [0.25, 0.3) is 0 Å². The molecule has 2 rings (SSSR count). The number of thioether (sulfide) groups is 1. The van der Waals surface area contributed by atoms with Crippen LogP contribution in [-0.2, 0) is 14.8 Å². The highest BCUT2D eigenvalue weighted by molar-refractivity contribution is 7.98. The summed E-state index contributed by atoms with van der Waals surface area (Å²) < 4.78 is 33.1. The minimum atomic E-state index is -3.91. The number of anilines is 1. The monoisotopic (exact) mass is 422 g/mol. The summed E-state index contributed by atoms with van der Waals surface area (Å²) in [6.45, 7) is 5.74. The molecule has 0 saturated heterocycles. The van der Waals surface area contributed by atoms with Crippen molar-refractivity contribution in [2.24, 2.45) is 0 Å². The Hall–Kier alpha value is -2.19. The molecule has 0 atom stereocenters. The second-order valence-corrected chi connectivity index (χ2v) is 9.08. The lowest BCUT2D eigenvalue weighted by atomic mass is 10.3. The SMILES string of the molecule is CCOc1ccc(N(CC(=O)NC(C)C)S(=O)(=O)c2ccc(SC)cc2)cc1. The maximum Gasteiger partial charge on any atom is 0.264 e. The Labute approximate surface area is 171 Å². The van der Waals surface area contributed by atoms with Gasteiger partial charge in [-0.25, -0.2) is 8.42 Å². The minimum Gasteiger partial charge on any atom is -0.494 e. The highest BCUT2D eigenvalue weighted by Crippen LogP contribution is 2.27. The first-order valence-corrected chi connectivity index (χ1v) is 11.6. The number of ether oxygens (including phenoxy) is 1. The van der Waals surface area contributed by atoms with Gasteiger partial charge in [0.1, 0.15) is 12.3 Å². The molecular formula is C20H26N2O4S2. The molecule has 152 valence electrons. The Balaban J connectivity index is 2.41. The van der Waals surface area contributed by atoms with Gasteiger partial charge in [0.15, 0.2) is 0 Å². The minimum absolute atomic E-state index is 0.0850. The van der Waals surface area contributed by atoms with Crippen molar-refractivity contribution in [2.45, 2.75) is 36.6 Å². The topological polar surface area (TPSA) is 75.7 Å². The van der Waals surface area contributed by atoms with Gasteiger partial charge in [0.2, 0.25) is 5.91 Å². The highest BCUT2D eigenvalue weighted by Gasteiger charge is 2.27. The number of hydrogen-bond donors (Lipinski definition) is 1. The van der Waals surface area contributed by atoms with Gasteiger partial charge in [-0.15, -0.1) is 11.8 Å². The zero-order chi connectivity index (χ0) is 20.7. The standard InChI is InChI=1S/C20H26N2O4S2/c1-5-26-17-8-6-16(7-9-17)22(14-20(23)21-15(2)3)28(24,25)19-12-10-18(27-4)11-13-19/h6-13,15H,5,14H2,1-4H3,(H,21,23). The van der Waals surface area contributed by atoms with Gasteiger partial charge in [0, 0.05) is 10.9 Å². The third-order valence-electron chi connectivity index (χ3n) is 3.82. The van der Waals surface area contributed by atoms with Gasteiger partial charge >= 0.3 is 0 Å². The van der Waals surface area contributed by atoms with Gasteiger partial charge in [-0.2, -0.15) is 0 Å². The van der Waals surface area contributed by atoms with E-state index in [1.807, 2.05) is 27.0 Å². The van der Waals surface area contributed by atoms with E-state index in [4.69, 9.17) is 4.74 Å². The molecule has 1 N–H and O–H groups in total. The fraction of sp³-hybridized carbons (Fsp3) is 0.350. The Morgan fingerprint density at radius 3 is 2.21 bits per heavy atom. The van der Waals surface area contributed by atoms with Crippen LogP contribution in [0.4, 0.5) is 5.69 Å². The summed E-state index contributed by atoms with van der Waals surface area (Å²) in [5, 5.41) is 2.74. The zero-order valence-corrected chi connectivity index (χ0v) is 18.1. The summed E-state index contributed by atoms with van der Waals surface area (Å²) in [6, 6.07) is 13.2. The second-order valence-electron chi connectivity index (χ2n) is 6.34. The van der Waals surface area contributed by atoms with Crippen molar-refractivity contribution in [3.63, 3.8) is 0 Å². The number of rotatable bonds is 9. The molecule has 0 aliphatic rings. The number of carbonyl (C=O) groups is 1. The molecule has 6 nitrogen and oxygen atoms in total. The molecule has 8 heteroatoms. The van der Waals surface area contributed by atoms with E-state index in [1.165, 1.54) is 11.8 Å². The smallest absolute Gasteiger partial charge is 0.264 e. The van der Waals surface area contributed by atoms with Crippen LogP contribution in [0.5, 0.6) is 5.75 Å². The quantitative estimate of drug-likeness (QED) is 0.626. The molecular weight excluding hydrogens is 396 g/mol. The van der Waals surface area contributed by atoms with Gasteiger partial charge in [-0.1, -0.05) is 0 Å². The van der Waals surface area contributed by atoms with Crippen molar-refractivity contribution in [3.8, 4) is 5.75 Å². The van der Waals surface area contributed by atoms with Crippen LogP contribution >= 0.6 is 11.8 Å². The molecule has 0 fully saturated rings. The molecule has 0 heterocycles. The molecule has 0 aliphatic carbocycles. The van der Waals surface area contributed by atoms with Crippen molar-refractivity contribution >= 4 is 33.4 Å². The van der Waals surface area contributed by atoms with E-state index in [-0.39, 0.29) is 23.4 Å². The van der Waals surface area contributed by atoms with E-state index in [0.717, 1.165) is 9.20 Å². The van der Waals surface area contributed by atoms with Crippen LogP contribution in [0, 0.1) is 0 Å². The predicted molar refractivity (Wildman–Crippen MR) is 114 cm³/mol. The molecule has 28 heavy (non-hydrogen) atoms. The lowest BCUT2D eigenvalue weighted by Gasteiger charge is -2.25. The fourth-order valence-corrected chi connectivity index (χ4v) is 4.39. The summed E-state index contributed by atoms with van der Waals surface area (Å²) in [5.41, 5.74) is 0.399. The van der Waals surface area contributed by atoms with E-state index in [2.05, 4.69) is 5.32 Å². The van der Waals surface area contributed by atoms with E-state index in [0.29, 0.717) is 18.0 Å². The average Bonchev–Trinajstić information content (AvgIpc) is 2.66. The van der Waals surface area contributed by atoms with Crippen molar-refractivity contribution in [1.29, 1.82) is 0 Å². The molecule has 0 spiro atoms. The second kappa shape index (κ2) is 9.84. The van der Waals surface area contributed by atoms with Crippen LogP contribution in [0.1, 0.15) is 20.8 Å². The van der Waals surface area contributed by atoms with E-state index >= 15 is 0 Å². The largest absolute Gasteiger partial charge is 0.494 e. The number of benzene rings is 2. The maximum atomic E-state index is 13.3. The van der Waals surface area contributed by atoms with Crippen LogP contribution in [0.2, 0.25) is 0 Å². The van der Waals surface area contributed by atoms with E-state index in [1.54, 1.807) is 48.5 Å². The van der Waals surface area contributed by atoms with Gasteiger partial charge in [0.25, 0.3) is 10.0 Å². The lowest BCUT2D eigenvalue weighted by Crippen LogP contribution is -2.42. The number of amides is 1. The Kier molecular flexibility index (Phi) is 7.77. The molecule has 2 aromatic carbocycles.